The molecule has 2 aliphatic rings. The van der Waals surface area contributed by atoms with E-state index in [-0.39, 0.29) is 12.4 Å². The second-order valence-corrected chi connectivity index (χ2v) is 17.4. The predicted octanol–water partition coefficient (Wildman–Crippen LogP) is 6.50. The first-order valence-electron chi connectivity index (χ1n) is 15.8. The van der Waals surface area contributed by atoms with Crippen LogP contribution in [0.3, 0.4) is 0 Å². The second-order valence-electron chi connectivity index (χ2n) is 14.4. The molecule has 51 heavy (non-hydrogen) atoms. The molecule has 16 nitrogen and oxygen atoms in total. The molecule has 1 N–H and O–H groups in total. The molecule has 0 saturated carbocycles. The van der Waals surface area contributed by atoms with Crippen LogP contribution in [0.2, 0.25) is 0 Å². The predicted molar refractivity (Wildman–Crippen MR) is 183 cm³/mol. The molecule has 1 fully saturated rings. The number of rotatable bonds is 7. The second kappa shape index (κ2) is 15.1. The van der Waals surface area contributed by atoms with Gasteiger partial charge in [-0.15, -0.1) is 20.8 Å². The molecule has 0 bridgehead atoms. The summed E-state index contributed by atoms with van der Waals surface area (Å²) in [6.45, 7) is 13.8. The summed E-state index contributed by atoms with van der Waals surface area (Å²) in [5.41, 5.74) is -3.47. The summed E-state index contributed by atoms with van der Waals surface area (Å²) in [4.78, 5) is 67.8. The number of imide groups is 1. The van der Waals surface area contributed by atoms with Gasteiger partial charge in [-0.05, 0) is 74.4 Å². The van der Waals surface area contributed by atoms with Crippen LogP contribution in [-0.4, -0.2) is 80.8 Å². The summed E-state index contributed by atoms with van der Waals surface area (Å²) in [7, 11) is -2.60. The Morgan fingerprint density at radius 1 is 1.02 bits per heavy atom. The zero-order chi connectivity index (χ0) is 38.1. The summed E-state index contributed by atoms with van der Waals surface area (Å²) >= 11 is 0.841. The van der Waals surface area contributed by atoms with E-state index in [0.29, 0.717) is 16.2 Å². The SMILES string of the molecule is COc1cccc2c1O[P+](O)(OC[C@H]1S[C@@H](n3ccc(N(C(=O)OC(C)(C)C)C(=O)OC(C)(C)C)nc3=O)[C@@H](F)[C@@H]1OC(=O)OC(C)(C)C)OC2. The van der Waals surface area contributed by atoms with Gasteiger partial charge in [0, 0.05) is 11.8 Å². The number of halogens is 1. The Balaban J connectivity index is 1.62. The zero-order valence-electron chi connectivity index (χ0n) is 30.0. The Kier molecular flexibility index (Phi) is 11.9. The number of aromatic nitrogens is 2. The summed E-state index contributed by atoms with van der Waals surface area (Å²) in [5.74, 6) is 0.109. The molecule has 4 rings (SSSR count). The first-order valence-corrected chi connectivity index (χ1v) is 18.2. The van der Waals surface area contributed by atoms with E-state index in [1.807, 2.05) is 0 Å². The van der Waals surface area contributed by atoms with E-state index in [1.165, 1.54) is 7.11 Å². The van der Waals surface area contributed by atoms with Crippen LogP contribution in [0.5, 0.6) is 11.5 Å². The third-order valence-electron chi connectivity index (χ3n) is 6.63. The van der Waals surface area contributed by atoms with Crippen molar-refractivity contribution in [1.29, 1.82) is 0 Å². The molecule has 2 aromatic rings. The van der Waals surface area contributed by atoms with Gasteiger partial charge in [-0.2, -0.15) is 14.8 Å². The fraction of sp³-hybridized carbons (Fsp3) is 0.594. The lowest BCUT2D eigenvalue weighted by atomic mass is 10.1. The number of carbonyl (C=O) groups excluding carboxylic acids is 3. The summed E-state index contributed by atoms with van der Waals surface area (Å²) in [6, 6.07) is 6.20. The van der Waals surface area contributed by atoms with E-state index >= 15 is 4.39 Å². The van der Waals surface area contributed by atoms with E-state index in [4.69, 9.17) is 37.3 Å². The highest BCUT2D eigenvalue weighted by molar-refractivity contribution is 8.00. The topological polar surface area (TPSA) is 183 Å². The molecule has 0 radical (unpaired) electrons. The van der Waals surface area contributed by atoms with Crippen LogP contribution < -0.4 is 19.9 Å². The average molecular weight is 761 g/mol. The highest BCUT2D eigenvalue weighted by Gasteiger charge is 2.55. The molecule has 0 aliphatic carbocycles. The summed E-state index contributed by atoms with van der Waals surface area (Å²) in [5, 5.41) is -2.40. The van der Waals surface area contributed by atoms with Gasteiger partial charge in [-0.25, -0.2) is 23.6 Å². The fourth-order valence-corrected chi connectivity index (χ4v) is 7.47. The number of benzene rings is 1. The molecule has 0 spiro atoms. The lowest BCUT2D eigenvalue weighted by molar-refractivity contribution is -0.0464. The van der Waals surface area contributed by atoms with Crippen molar-refractivity contribution in [3.05, 3.63) is 46.5 Å². The van der Waals surface area contributed by atoms with Gasteiger partial charge < -0.3 is 23.7 Å². The van der Waals surface area contributed by atoms with E-state index in [9.17, 15) is 24.1 Å². The smallest absolute Gasteiger partial charge is 0.493 e. The van der Waals surface area contributed by atoms with Crippen LogP contribution in [0, 0.1) is 0 Å². The van der Waals surface area contributed by atoms with Crippen molar-refractivity contribution < 1.29 is 60.9 Å². The number of ether oxygens (including phenoxy) is 5. The van der Waals surface area contributed by atoms with Crippen molar-refractivity contribution >= 4 is 44.1 Å². The maximum Gasteiger partial charge on any atom is 0.619 e. The Bertz CT molecular complexity index is 1630. The first kappa shape index (κ1) is 40.1. The number of hydrogen-bond donors (Lipinski definition) is 1. The first-order chi connectivity index (χ1) is 23.5. The van der Waals surface area contributed by atoms with Gasteiger partial charge in [0.05, 0.1) is 12.4 Å². The van der Waals surface area contributed by atoms with Gasteiger partial charge in [0.25, 0.3) is 0 Å². The van der Waals surface area contributed by atoms with Gasteiger partial charge in [0.1, 0.15) is 35.4 Å². The number of anilines is 1. The van der Waals surface area contributed by atoms with Gasteiger partial charge >= 0.3 is 32.2 Å². The largest absolute Gasteiger partial charge is 0.619 e. The highest BCUT2D eigenvalue weighted by Crippen LogP contribution is 2.63. The van der Waals surface area contributed by atoms with Crippen LogP contribution in [0.15, 0.2) is 35.3 Å². The molecular weight excluding hydrogens is 716 g/mol. The molecule has 19 heteroatoms. The van der Waals surface area contributed by atoms with Gasteiger partial charge in [-0.1, -0.05) is 12.1 Å². The Morgan fingerprint density at radius 3 is 2.18 bits per heavy atom. The minimum atomic E-state index is -4.03. The molecule has 5 atom stereocenters. The van der Waals surface area contributed by atoms with E-state index < -0.39 is 84.3 Å². The Hall–Kier alpha value is -3.70. The molecule has 3 heterocycles. The number of carbonyl (C=O) groups is 3. The van der Waals surface area contributed by atoms with Gasteiger partial charge in [-0.3, -0.25) is 9.09 Å². The van der Waals surface area contributed by atoms with Crippen LogP contribution >= 0.6 is 19.9 Å². The van der Waals surface area contributed by atoms with Crippen molar-refractivity contribution in [2.75, 3.05) is 18.6 Å². The van der Waals surface area contributed by atoms with Crippen molar-refractivity contribution in [2.24, 2.45) is 0 Å². The molecule has 1 aromatic carbocycles. The maximum absolute atomic E-state index is 16.3. The number of amides is 2. The average Bonchev–Trinajstić information content (AvgIpc) is 3.27. The number of alkyl halides is 1. The number of fused-ring (bicyclic) bond motifs is 1. The zero-order valence-corrected chi connectivity index (χ0v) is 31.7. The molecule has 282 valence electrons. The van der Waals surface area contributed by atoms with Crippen molar-refractivity contribution in [1.82, 2.24) is 9.55 Å². The number of para-hydroxylation sites is 1. The molecular formula is C32H44FN3O13PS+. The lowest BCUT2D eigenvalue weighted by Gasteiger charge is -2.28. The van der Waals surface area contributed by atoms with Crippen molar-refractivity contribution in [3.8, 4) is 11.5 Å². The van der Waals surface area contributed by atoms with Crippen LogP contribution in [-0.2, 0) is 34.6 Å². The third-order valence-corrected chi connectivity index (χ3v) is 9.50. The molecule has 2 amide bonds. The maximum atomic E-state index is 16.3. The molecule has 1 unspecified atom stereocenters. The standard InChI is InChI=1S/C32H44FN3O13PS/c1-30(2,3)46-27(38)36(28(39)47-31(4,5)6)21-14-15-35(26(37)34-21)25-22(33)24(45-29(40)48-32(7,8)9)20(51-25)17-44-50(41)43-16-18-12-11-13-19(42-10)23(18)49-50/h11-15,20,22,24-25,41H,16-17H2,1-10H3/q+1/t20-,22+,24-,25-,50?/m1/s1. The van der Waals surface area contributed by atoms with Crippen molar-refractivity contribution in [2.45, 2.75) is 109 Å². The minimum Gasteiger partial charge on any atom is -0.493 e. The number of nitrogens with zero attached hydrogens (tertiary/aromatic N) is 3. The number of thioether (sulfide) groups is 1. The van der Waals surface area contributed by atoms with Crippen LogP contribution in [0.25, 0.3) is 0 Å². The molecule has 1 aromatic heterocycles. The fourth-order valence-electron chi connectivity index (χ4n) is 4.64. The third kappa shape index (κ3) is 10.4. The van der Waals surface area contributed by atoms with Crippen LogP contribution in [0.1, 0.15) is 73.3 Å². The summed E-state index contributed by atoms with van der Waals surface area (Å²) < 4.78 is 60.8. The van der Waals surface area contributed by atoms with Crippen LogP contribution in [0.4, 0.5) is 24.6 Å². The summed E-state index contributed by atoms with van der Waals surface area (Å²) in [6.07, 6.45) is -5.96. The van der Waals surface area contributed by atoms with E-state index in [2.05, 4.69) is 4.98 Å². The van der Waals surface area contributed by atoms with Gasteiger partial charge in [0.2, 0.25) is 5.75 Å². The van der Waals surface area contributed by atoms with E-state index in [0.717, 1.165) is 28.6 Å². The number of hydrogen-bond acceptors (Lipinski definition) is 15. The quantitative estimate of drug-likeness (QED) is 0.183. The van der Waals surface area contributed by atoms with Crippen molar-refractivity contribution in [3.63, 3.8) is 0 Å². The minimum absolute atomic E-state index is 0.0716. The molecule has 2 aliphatic heterocycles. The monoisotopic (exact) mass is 760 g/mol. The molecule has 1 saturated heterocycles. The Labute approximate surface area is 299 Å². The number of methoxy groups -OCH3 is 1. The normalized spacial score (nSPS) is 23.4. The van der Waals surface area contributed by atoms with Gasteiger partial charge in [0.15, 0.2) is 23.8 Å². The Morgan fingerprint density at radius 2 is 1.63 bits per heavy atom. The highest BCUT2D eigenvalue weighted by atomic mass is 32.2. The van der Waals surface area contributed by atoms with E-state index in [1.54, 1.807) is 80.5 Å². The lowest BCUT2D eigenvalue weighted by Crippen LogP contribution is -2.45.